The van der Waals surface area contributed by atoms with Crippen LogP contribution in [0.15, 0.2) is 0 Å². The van der Waals surface area contributed by atoms with Crippen molar-refractivity contribution in [3.8, 4) is 0 Å². The summed E-state index contributed by atoms with van der Waals surface area (Å²) in [5.41, 5.74) is 0. The Labute approximate surface area is 110 Å². The third kappa shape index (κ3) is 20.2. The summed E-state index contributed by atoms with van der Waals surface area (Å²) in [5, 5.41) is 0. The van der Waals surface area contributed by atoms with Gasteiger partial charge in [-0.25, -0.2) is 0 Å². The Bertz CT molecular complexity index is 122. The molecule has 0 aromatic heterocycles. The van der Waals surface area contributed by atoms with Gasteiger partial charge in [0.2, 0.25) is 0 Å². The molecule has 0 aliphatic rings. The minimum atomic E-state index is 0. The molecule has 0 spiro atoms. The van der Waals surface area contributed by atoms with E-state index in [1.54, 1.807) is 0 Å². The average molecular weight is 223 g/mol. The topological polar surface area (TPSA) is 34.1 Å². The fourth-order valence-corrected chi connectivity index (χ4v) is 0.984. The van der Waals surface area contributed by atoms with Crippen LogP contribution < -0.4 is 0 Å². The maximum atomic E-state index is 9.77. The summed E-state index contributed by atoms with van der Waals surface area (Å²) in [5.74, 6) is 0.287. The molecule has 2 atom stereocenters. The number of carbonyl (C=O) groups excluding carboxylic acids is 2. The third-order valence-corrected chi connectivity index (χ3v) is 1.85. The standard InChI is InChI=1S/2C6H11O.Mg/c2*1-3-4-6(2)5-7;/h2*6H,3-4H2,1-2H3;/q2*-1;+2. The summed E-state index contributed by atoms with van der Waals surface area (Å²) >= 11 is 0. The van der Waals surface area contributed by atoms with Crippen LogP contribution in [-0.2, 0) is 9.59 Å². The van der Waals surface area contributed by atoms with E-state index in [1.807, 2.05) is 26.4 Å². The number of hydrogen-bond acceptors (Lipinski definition) is 2. The van der Waals surface area contributed by atoms with E-state index >= 15 is 0 Å². The first-order valence-electron chi connectivity index (χ1n) is 5.37. The minimum Gasteiger partial charge on any atom is -0.542 e. The maximum absolute atomic E-state index is 9.77. The molecule has 0 aromatic carbocycles. The van der Waals surface area contributed by atoms with Crippen LogP contribution in [-0.4, -0.2) is 35.6 Å². The number of hydrogen-bond donors (Lipinski definition) is 0. The van der Waals surface area contributed by atoms with Gasteiger partial charge in [0.1, 0.15) is 0 Å². The van der Waals surface area contributed by atoms with E-state index in [9.17, 15) is 9.59 Å². The van der Waals surface area contributed by atoms with Gasteiger partial charge in [0, 0.05) is 0 Å². The van der Waals surface area contributed by atoms with Gasteiger partial charge in [-0.15, -0.1) is 11.8 Å². The van der Waals surface area contributed by atoms with E-state index in [-0.39, 0.29) is 34.9 Å². The second kappa shape index (κ2) is 16.5. The second-order valence-electron chi connectivity index (χ2n) is 3.62. The van der Waals surface area contributed by atoms with Crippen LogP contribution in [0.2, 0.25) is 0 Å². The largest absolute Gasteiger partial charge is 2.00 e. The summed E-state index contributed by atoms with van der Waals surface area (Å²) in [6.07, 6.45) is 7.94. The molecule has 0 aliphatic heterocycles. The fraction of sp³-hybridized carbons (Fsp3) is 0.833. The van der Waals surface area contributed by atoms with Gasteiger partial charge in [0.05, 0.1) is 0 Å². The monoisotopic (exact) mass is 222 g/mol. The van der Waals surface area contributed by atoms with Crippen molar-refractivity contribution in [2.24, 2.45) is 11.8 Å². The summed E-state index contributed by atoms with van der Waals surface area (Å²) < 4.78 is 0. The normalized spacial score (nSPS) is 12.5. The van der Waals surface area contributed by atoms with Crippen molar-refractivity contribution in [3.63, 3.8) is 0 Å². The molecule has 3 heteroatoms. The van der Waals surface area contributed by atoms with Crippen molar-refractivity contribution >= 4 is 35.6 Å². The van der Waals surface area contributed by atoms with Crippen LogP contribution in [0.5, 0.6) is 0 Å². The molecule has 0 saturated heterocycles. The molecule has 0 amide bonds. The van der Waals surface area contributed by atoms with Gasteiger partial charge < -0.3 is 9.59 Å². The molecule has 0 aliphatic carbocycles. The van der Waals surface area contributed by atoms with Crippen molar-refractivity contribution in [2.45, 2.75) is 53.4 Å². The zero-order valence-electron chi connectivity index (χ0n) is 10.5. The Balaban J connectivity index is -0.000000180. The summed E-state index contributed by atoms with van der Waals surface area (Å²) in [7, 11) is 0. The molecule has 0 heterocycles. The Morgan fingerprint density at radius 1 is 0.867 bits per heavy atom. The maximum Gasteiger partial charge on any atom is 2.00 e. The van der Waals surface area contributed by atoms with Crippen molar-refractivity contribution in [3.05, 3.63) is 0 Å². The van der Waals surface area contributed by atoms with E-state index in [1.165, 1.54) is 0 Å². The Kier molecular flexibility index (Phi) is 22.6. The minimum absolute atomic E-state index is 0. The van der Waals surface area contributed by atoms with Gasteiger partial charge in [-0.05, 0) is 0 Å². The quantitative estimate of drug-likeness (QED) is 0.512. The van der Waals surface area contributed by atoms with Crippen LogP contribution in [0.25, 0.3) is 0 Å². The van der Waals surface area contributed by atoms with Crippen LogP contribution in [0.3, 0.4) is 0 Å². The predicted molar refractivity (Wildman–Crippen MR) is 65.3 cm³/mol. The Morgan fingerprint density at radius 2 is 1.13 bits per heavy atom. The fourth-order valence-electron chi connectivity index (χ4n) is 0.984. The molecule has 0 radical (unpaired) electrons. The molecule has 15 heavy (non-hydrogen) atoms. The molecule has 0 fully saturated rings. The molecular weight excluding hydrogens is 200 g/mol. The molecule has 2 unspecified atom stereocenters. The Hall–Kier alpha value is 0.106. The molecule has 0 bridgehead atoms. The molecule has 0 N–H and O–H groups in total. The van der Waals surface area contributed by atoms with Crippen molar-refractivity contribution in [1.29, 1.82) is 0 Å². The van der Waals surface area contributed by atoms with Gasteiger partial charge >= 0.3 is 23.1 Å². The first kappa shape index (κ1) is 20.5. The van der Waals surface area contributed by atoms with Crippen molar-refractivity contribution in [2.75, 3.05) is 0 Å². The average Bonchev–Trinajstić information content (AvgIpc) is 2.19. The molecule has 0 saturated carbocycles. The molecule has 2 nitrogen and oxygen atoms in total. The second-order valence-corrected chi connectivity index (χ2v) is 3.62. The van der Waals surface area contributed by atoms with Crippen LogP contribution in [0, 0.1) is 11.8 Å². The summed E-state index contributed by atoms with van der Waals surface area (Å²) in [6, 6.07) is 0. The summed E-state index contributed by atoms with van der Waals surface area (Å²) in [6.45, 7) is 7.90. The van der Waals surface area contributed by atoms with Gasteiger partial charge in [-0.3, -0.25) is 12.6 Å². The van der Waals surface area contributed by atoms with E-state index in [0.717, 1.165) is 25.7 Å². The molecule has 0 rings (SSSR count). The zero-order chi connectivity index (χ0) is 11.4. The predicted octanol–water partition coefficient (Wildman–Crippen LogP) is 2.68. The van der Waals surface area contributed by atoms with Gasteiger partial charge in [-0.1, -0.05) is 53.4 Å². The molecular formula is C12H22MgO2. The first-order valence-corrected chi connectivity index (χ1v) is 5.37. The van der Waals surface area contributed by atoms with Gasteiger partial charge in [0.25, 0.3) is 0 Å². The van der Waals surface area contributed by atoms with Crippen molar-refractivity contribution in [1.82, 2.24) is 0 Å². The SMILES string of the molecule is CCCC(C)[C-]=O.CCCC(C)[C-]=O.[Mg+2]. The van der Waals surface area contributed by atoms with E-state index in [4.69, 9.17) is 0 Å². The van der Waals surface area contributed by atoms with Crippen molar-refractivity contribution < 1.29 is 9.59 Å². The van der Waals surface area contributed by atoms with E-state index in [0.29, 0.717) is 0 Å². The van der Waals surface area contributed by atoms with E-state index < -0.39 is 0 Å². The Morgan fingerprint density at radius 3 is 1.20 bits per heavy atom. The molecule has 84 valence electrons. The van der Waals surface area contributed by atoms with Crippen LogP contribution >= 0.6 is 0 Å². The van der Waals surface area contributed by atoms with Gasteiger partial charge in [0.15, 0.2) is 0 Å². The number of rotatable bonds is 6. The summed E-state index contributed by atoms with van der Waals surface area (Å²) in [4.78, 5) is 19.5. The third-order valence-electron chi connectivity index (χ3n) is 1.85. The first-order chi connectivity index (χ1) is 6.62. The van der Waals surface area contributed by atoms with E-state index in [2.05, 4.69) is 13.8 Å². The molecule has 0 aromatic rings. The van der Waals surface area contributed by atoms with Crippen LogP contribution in [0.1, 0.15) is 53.4 Å². The van der Waals surface area contributed by atoms with Crippen LogP contribution in [0.4, 0.5) is 0 Å². The zero-order valence-corrected chi connectivity index (χ0v) is 11.9. The smallest absolute Gasteiger partial charge is 0.542 e. The van der Waals surface area contributed by atoms with Gasteiger partial charge in [-0.2, -0.15) is 0 Å².